The van der Waals surface area contributed by atoms with Gasteiger partial charge in [0.25, 0.3) is 0 Å². The quantitative estimate of drug-likeness (QED) is 0.875. The minimum Gasteiger partial charge on any atom is -0.457 e. The van der Waals surface area contributed by atoms with Gasteiger partial charge in [-0.05, 0) is 31.2 Å². The highest BCUT2D eigenvalue weighted by molar-refractivity contribution is 5.41. The molecule has 1 N–H and O–H groups in total. The SMILES string of the molecule is CCNCc1ccccc1Oc1cc(F)ccc1C. The molecule has 0 radical (unpaired) electrons. The topological polar surface area (TPSA) is 21.3 Å². The van der Waals surface area contributed by atoms with Crippen LogP contribution in [-0.2, 0) is 6.54 Å². The van der Waals surface area contributed by atoms with Gasteiger partial charge in [0, 0.05) is 18.2 Å². The van der Waals surface area contributed by atoms with Gasteiger partial charge in [-0.3, -0.25) is 0 Å². The lowest BCUT2D eigenvalue weighted by Crippen LogP contribution is -2.12. The first kappa shape index (κ1) is 13.6. The molecule has 0 aromatic heterocycles. The lowest BCUT2D eigenvalue weighted by atomic mass is 10.2. The fourth-order valence-electron chi connectivity index (χ4n) is 1.81. The Morgan fingerprint density at radius 3 is 2.68 bits per heavy atom. The zero-order valence-electron chi connectivity index (χ0n) is 11.2. The summed E-state index contributed by atoms with van der Waals surface area (Å²) in [5.41, 5.74) is 1.98. The number of para-hydroxylation sites is 1. The lowest BCUT2D eigenvalue weighted by molar-refractivity contribution is 0.464. The Morgan fingerprint density at radius 1 is 1.11 bits per heavy atom. The molecular formula is C16H18FNO. The highest BCUT2D eigenvalue weighted by Crippen LogP contribution is 2.28. The highest BCUT2D eigenvalue weighted by Gasteiger charge is 2.07. The molecule has 0 bridgehead atoms. The summed E-state index contributed by atoms with van der Waals surface area (Å²) in [4.78, 5) is 0. The summed E-state index contributed by atoms with van der Waals surface area (Å²) in [7, 11) is 0. The number of nitrogens with one attached hydrogen (secondary N) is 1. The van der Waals surface area contributed by atoms with Crippen molar-refractivity contribution in [2.75, 3.05) is 6.54 Å². The van der Waals surface area contributed by atoms with Crippen LogP contribution in [0.3, 0.4) is 0 Å². The maximum atomic E-state index is 13.3. The molecule has 0 atom stereocenters. The van der Waals surface area contributed by atoms with E-state index in [2.05, 4.69) is 12.2 Å². The first-order valence-electron chi connectivity index (χ1n) is 6.43. The van der Waals surface area contributed by atoms with E-state index in [0.717, 1.165) is 30.0 Å². The van der Waals surface area contributed by atoms with Gasteiger partial charge in [-0.2, -0.15) is 0 Å². The lowest BCUT2D eigenvalue weighted by Gasteiger charge is -2.13. The predicted octanol–water partition coefficient (Wildman–Crippen LogP) is 4.04. The average molecular weight is 259 g/mol. The molecule has 100 valence electrons. The summed E-state index contributed by atoms with van der Waals surface area (Å²) in [5, 5.41) is 3.26. The van der Waals surface area contributed by atoms with Gasteiger partial charge in [-0.15, -0.1) is 0 Å². The van der Waals surface area contributed by atoms with Gasteiger partial charge in [0.05, 0.1) is 0 Å². The van der Waals surface area contributed by atoms with Gasteiger partial charge in [-0.25, -0.2) is 4.39 Å². The first-order chi connectivity index (χ1) is 9.20. The Balaban J connectivity index is 2.25. The van der Waals surface area contributed by atoms with Crippen LogP contribution in [0, 0.1) is 12.7 Å². The molecule has 2 nitrogen and oxygen atoms in total. The van der Waals surface area contributed by atoms with Crippen LogP contribution < -0.4 is 10.1 Å². The molecule has 0 amide bonds. The third-order valence-corrected chi connectivity index (χ3v) is 2.91. The Morgan fingerprint density at radius 2 is 1.89 bits per heavy atom. The van der Waals surface area contributed by atoms with Gasteiger partial charge in [0.1, 0.15) is 17.3 Å². The average Bonchev–Trinajstić information content (AvgIpc) is 2.42. The van der Waals surface area contributed by atoms with Crippen LogP contribution in [-0.4, -0.2) is 6.54 Å². The molecule has 0 heterocycles. The summed E-state index contributed by atoms with van der Waals surface area (Å²) in [6.45, 7) is 5.59. The summed E-state index contributed by atoms with van der Waals surface area (Å²) in [6.07, 6.45) is 0. The van der Waals surface area contributed by atoms with Crippen molar-refractivity contribution in [2.24, 2.45) is 0 Å². The summed E-state index contributed by atoms with van der Waals surface area (Å²) >= 11 is 0. The van der Waals surface area contributed by atoms with Crippen molar-refractivity contribution >= 4 is 0 Å². The number of ether oxygens (including phenoxy) is 1. The molecule has 0 saturated carbocycles. The standard InChI is InChI=1S/C16H18FNO/c1-3-18-11-13-6-4-5-7-15(13)19-16-10-14(17)9-8-12(16)2/h4-10,18H,3,11H2,1-2H3. The minimum atomic E-state index is -0.287. The molecule has 3 heteroatoms. The zero-order valence-corrected chi connectivity index (χ0v) is 11.2. The van der Waals surface area contributed by atoms with E-state index in [1.807, 2.05) is 31.2 Å². The molecule has 2 aromatic carbocycles. The first-order valence-corrected chi connectivity index (χ1v) is 6.43. The number of benzene rings is 2. The predicted molar refractivity (Wildman–Crippen MR) is 75.0 cm³/mol. The second-order valence-electron chi connectivity index (χ2n) is 4.40. The molecule has 2 rings (SSSR count). The van der Waals surface area contributed by atoms with Crippen molar-refractivity contribution in [3.63, 3.8) is 0 Å². The van der Waals surface area contributed by atoms with Crippen LogP contribution in [0.4, 0.5) is 4.39 Å². The van der Waals surface area contributed by atoms with E-state index in [1.165, 1.54) is 12.1 Å². The van der Waals surface area contributed by atoms with E-state index in [-0.39, 0.29) is 5.82 Å². The Kier molecular flexibility index (Phi) is 4.53. The molecule has 0 aliphatic heterocycles. The van der Waals surface area contributed by atoms with Gasteiger partial charge in [0.15, 0.2) is 0 Å². The largest absolute Gasteiger partial charge is 0.457 e. The van der Waals surface area contributed by atoms with Crippen molar-refractivity contribution in [3.8, 4) is 11.5 Å². The molecule has 0 spiro atoms. The highest BCUT2D eigenvalue weighted by atomic mass is 19.1. The van der Waals surface area contributed by atoms with Crippen LogP contribution >= 0.6 is 0 Å². The number of rotatable bonds is 5. The third-order valence-electron chi connectivity index (χ3n) is 2.91. The van der Waals surface area contributed by atoms with Crippen LogP contribution in [0.15, 0.2) is 42.5 Å². The molecule has 0 fully saturated rings. The molecule has 0 aliphatic carbocycles. The monoisotopic (exact) mass is 259 g/mol. The molecular weight excluding hydrogens is 241 g/mol. The summed E-state index contributed by atoms with van der Waals surface area (Å²) in [5.74, 6) is 1.03. The molecule has 0 unspecified atom stereocenters. The van der Waals surface area contributed by atoms with Crippen molar-refractivity contribution in [1.82, 2.24) is 5.32 Å². The van der Waals surface area contributed by atoms with Crippen molar-refractivity contribution < 1.29 is 9.13 Å². The second kappa shape index (κ2) is 6.34. The summed E-state index contributed by atoms with van der Waals surface area (Å²) < 4.78 is 19.1. The van der Waals surface area contributed by atoms with Gasteiger partial charge < -0.3 is 10.1 Å². The van der Waals surface area contributed by atoms with Crippen LogP contribution in [0.1, 0.15) is 18.1 Å². The fraction of sp³-hybridized carbons (Fsp3) is 0.250. The van der Waals surface area contributed by atoms with Gasteiger partial charge >= 0.3 is 0 Å². The Labute approximate surface area is 113 Å². The second-order valence-corrected chi connectivity index (χ2v) is 4.40. The normalized spacial score (nSPS) is 10.5. The molecule has 19 heavy (non-hydrogen) atoms. The van der Waals surface area contributed by atoms with E-state index in [4.69, 9.17) is 4.74 Å². The van der Waals surface area contributed by atoms with E-state index in [1.54, 1.807) is 6.07 Å². The zero-order chi connectivity index (χ0) is 13.7. The number of aryl methyl sites for hydroxylation is 1. The molecule has 2 aromatic rings. The smallest absolute Gasteiger partial charge is 0.133 e. The van der Waals surface area contributed by atoms with E-state index < -0.39 is 0 Å². The Hall–Kier alpha value is -1.87. The number of hydrogen-bond donors (Lipinski definition) is 1. The van der Waals surface area contributed by atoms with Gasteiger partial charge in [0.2, 0.25) is 0 Å². The third kappa shape index (κ3) is 3.55. The van der Waals surface area contributed by atoms with Crippen molar-refractivity contribution in [2.45, 2.75) is 20.4 Å². The molecule has 0 saturated heterocycles. The Bertz CT molecular complexity index is 554. The maximum absolute atomic E-state index is 13.3. The van der Waals surface area contributed by atoms with Crippen molar-refractivity contribution in [1.29, 1.82) is 0 Å². The van der Waals surface area contributed by atoms with E-state index >= 15 is 0 Å². The van der Waals surface area contributed by atoms with E-state index in [9.17, 15) is 4.39 Å². The molecule has 0 aliphatic rings. The van der Waals surface area contributed by atoms with Crippen LogP contribution in [0.5, 0.6) is 11.5 Å². The minimum absolute atomic E-state index is 0.287. The number of halogens is 1. The maximum Gasteiger partial charge on any atom is 0.133 e. The summed E-state index contributed by atoms with van der Waals surface area (Å²) in [6, 6.07) is 12.4. The van der Waals surface area contributed by atoms with Crippen LogP contribution in [0.2, 0.25) is 0 Å². The van der Waals surface area contributed by atoms with Crippen molar-refractivity contribution in [3.05, 3.63) is 59.4 Å². The van der Waals surface area contributed by atoms with E-state index in [0.29, 0.717) is 5.75 Å². The van der Waals surface area contributed by atoms with Gasteiger partial charge in [-0.1, -0.05) is 31.2 Å². The number of hydrogen-bond acceptors (Lipinski definition) is 2. The van der Waals surface area contributed by atoms with Crippen LogP contribution in [0.25, 0.3) is 0 Å². The fourth-order valence-corrected chi connectivity index (χ4v) is 1.81.